The van der Waals surface area contributed by atoms with Gasteiger partial charge in [0.2, 0.25) is 0 Å². The van der Waals surface area contributed by atoms with Crippen molar-refractivity contribution in [3.05, 3.63) is 210 Å². The molecule has 2 aliphatic heterocycles. The number of hydrogen-bond acceptors (Lipinski definition) is 2. The molecule has 2 aromatic heterocycles. The molecule has 0 saturated carbocycles. The van der Waals surface area contributed by atoms with Crippen molar-refractivity contribution in [2.75, 3.05) is 4.90 Å². The third-order valence-electron chi connectivity index (χ3n) is 12.8. The van der Waals surface area contributed by atoms with E-state index in [1.165, 1.54) is 114 Å². The van der Waals surface area contributed by atoms with Gasteiger partial charge in [0, 0.05) is 43.0 Å². The molecule has 11 aromatic rings. The molecule has 0 atom stereocenters. The van der Waals surface area contributed by atoms with E-state index in [-0.39, 0.29) is 0 Å². The number of thiophene rings is 1. The molecule has 0 radical (unpaired) electrons. The minimum Gasteiger partial charge on any atom is -0.354 e. The molecule has 0 bridgehead atoms. The molecule has 0 fully saturated rings. The van der Waals surface area contributed by atoms with Crippen molar-refractivity contribution < 1.29 is 0 Å². The lowest BCUT2D eigenvalue weighted by atomic mass is 9.54. The number of nitrogens with one attached hydrogen (secondary N) is 1. The van der Waals surface area contributed by atoms with Gasteiger partial charge in [0.15, 0.2) is 7.28 Å². The standard InChI is InChI=1S/C53H33BN2S/c1-3-17-34(18-4-1)53(35-19-5-2-6-20-35)42-24-10-11-27-46(42)56-50-43(53)25-14-26-44(50)54-48-40(31-41-36-21-9-12-28-47(36)57-52(41)51(48)56)38-23-13-22-37-39-29-32-15-7-8-16-33(32)30-45(39)55-49(37)38/h1-31,54-55H. The average molecular weight is 741 g/mol. The Balaban J connectivity index is 1.16. The molecule has 4 heterocycles. The van der Waals surface area contributed by atoms with E-state index in [0.717, 1.165) is 7.28 Å². The summed E-state index contributed by atoms with van der Waals surface area (Å²) in [5.41, 5.74) is 16.1. The highest BCUT2D eigenvalue weighted by Gasteiger charge is 2.49. The molecule has 0 spiro atoms. The molecular formula is C53H33BN2S. The van der Waals surface area contributed by atoms with Gasteiger partial charge in [-0.3, -0.25) is 0 Å². The van der Waals surface area contributed by atoms with E-state index in [4.69, 9.17) is 0 Å². The Bertz CT molecular complexity index is 3410. The van der Waals surface area contributed by atoms with E-state index in [0.29, 0.717) is 0 Å². The topological polar surface area (TPSA) is 19.0 Å². The second-order valence-corrected chi connectivity index (χ2v) is 16.7. The molecule has 2 aliphatic rings. The van der Waals surface area contributed by atoms with Crippen molar-refractivity contribution in [1.29, 1.82) is 0 Å². The van der Waals surface area contributed by atoms with E-state index in [1.54, 1.807) is 0 Å². The molecule has 2 nitrogen and oxygen atoms in total. The molecule has 57 heavy (non-hydrogen) atoms. The van der Waals surface area contributed by atoms with Gasteiger partial charge in [-0.15, -0.1) is 11.3 Å². The Morgan fingerprint density at radius 2 is 1.16 bits per heavy atom. The van der Waals surface area contributed by atoms with Crippen LogP contribution in [0.15, 0.2) is 188 Å². The summed E-state index contributed by atoms with van der Waals surface area (Å²) >= 11 is 1.93. The first kappa shape index (κ1) is 31.3. The summed E-state index contributed by atoms with van der Waals surface area (Å²) in [6.45, 7) is 0. The van der Waals surface area contributed by atoms with Crippen LogP contribution in [0.1, 0.15) is 22.3 Å². The summed E-state index contributed by atoms with van der Waals surface area (Å²) < 4.78 is 2.65. The number of rotatable bonds is 3. The van der Waals surface area contributed by atoms with Crippen LogP contribution in [0.5, 0.6) is 0 Å². The number of anilines is 3. The van der Waals surface area contributed by atoms with Gasteiger partial charge in [0.25, 0.3) is 0 Å². The van der Waals surface area contributed by atoms with Gasteiger partial charge < -0.3 is 9.88 Å². The maximum atomic E-state index is 3.94. The Hall–Kier alpha value is -6.88. The van der Waals surface area contributed by atoms with Crippen molar-refractivity contribution in [2.45, 2.75) is 5.41 Å². The van der Waals surface area contributed by atoms with Gasteiger partial charge in [-0.2, -0.15) is 0 Å². The van der Waals surface area contributed by atoms with Crippen LogP contribution < -0.4 is 15.8 Å². The number of benzene rings is 9. The second-order valence-electron chi connectivity index (χ2n) is 15.6. The zero-order valence-electron chi connectivity index (χ0n) is 31.0. The first-order valence-electron chi connectivity index (χ1n) is 19.8. The van der Waals surface area contributed by atoms with Crippen molar-refractivity contribution in [3.8, 4) is 11.1 Å². The minimum atomic E-state index is -0.505. The van der Waals surface area contributed by atoms with Crippen molar-refractivity contribution in [3.63, 3.8) is 0 Å². The van der Waals surface area contributed by atoms with Gasteiger partial charge >= 0.3 is 0 Å². The van der Waals surface area contributed by atoms with E-state index < -0.39 is 5.41 Å². The molecule has 1 N–H and O–H groups in total. The number of H-pyrrole nitrogens is 1. The molecule has 0 aliphatic carbocycles. The number of nitrogens with zero attached hydrogens (tertiary/aromatic N) is 1. The van der Waals surface area contributed by atoms with Gasteiger partial charge in [-0.05, 0) is 74.4 Å². The Morgan fingerprint density at radius 1 is 0.491 bits per heavy atom. The number of hydrogen-bond donors (Lipinski definition) is 1. The fourth-order valence-corrected chi connectivity index (χ4v) is 11.8. The van der Waals surface area contributed by atoms with Gasteiger partial charge in [-0.25, -0.2) is 0 Å². The fourth-order valence-electron chi connectivity index (χ4n) is 10.5. The maximum absolute atomic E-state index is 3.94. The smallest absolute Gasteiger partial charge is 0.198 e. The van der Waals surface area contributed by atoms with Gasteiger partial charge in [0.05, 0.1) is 27.0 Å². The monoisotopic (exact) mass is 740 g/mol. The zero-order chi connectivity index (χ0) is 37.2. The first-order chi connectivity index (χ1) is 28.3. The normalized spacial score (nSPS) is 13.9. The quantitative estimate of drug-likeness (QED) is 0.179. The number of aromatic amines is 1. The zero-order valence-corrected chi connectivity index (χ0v) is 31.8. The molecule has 4 heteroatoms. The van der Waals surface area contributed by atoms with E-state index in [1.807, 2.05) is 11.3 Å². The van der Waals surface area contributed by atoms with Crippen LogP contribution >= 0.6 is 11.3 Å². The molecule has 0 amide bonds. The van der Waals surface area contributed by atoms with Crippen molar-refractivity contribution in [2.24, 2.45) is 0 Å². The predicted octanol–water partition coefficient (Wildman–Crippen LogP) is 12.4. The molecule has 0 saturated heterocycles. The molecule has 9 aromatic carbocycles. The lowest BCUT2D eigenvalue weighted by molar-refractivity contribution is 0.732. The van der Waals surface area contributed by atoms with E-state index in [2.05, 4.69) is 198 Å². The lowest BCUT2D eigenvalue weighted by Crippen LogP contribution is -2.47. The summed E-state index contributed by atoms with van der Waals surface area (Å²) in [5.74, 6) is 0. The van der Waals surface area contributed by atoms with Gasteiger partial charge in [0.1, 0.15) is 0 Å². The first-order valence-corrected chi connectivity index (χ1v) is 20.6. The summed E-state index contributed by atoms with van der Waals surface area (Å²) in [6.07, 6.45) is 0. The maximum Gasteiger partial charge on any atom is 0.198 e. The van der Waals surface area contributed by atoms with Crippen molar-refractivity contribution >= 4 is 99.4 Å². The Morgan fingerprint density at radius 3 is 1.98 bits per heavy atom. The lowest BCUT2D eigenvalue weighted by Gasteiger charge is -2.49. The largest absolute Gasteiger partial charge is 0.354 e. The highest BCUT2D eigenvalue weighted by molar-refractivity contribution is 7.26. The van der Waals surface area contributed by atoms with Crippen LogP contribution in [0.4, 0.5) is 17.1 Å². The second kappa shape index (κ2) is 11.6. The molecule has 264 valence electrons. The minimum absolute atomic E-state index is 0.505. The van der Waals surface area contributed by atoms with Crippen LogP contribution in [-0.4, -0.2) is 12.3 Å². The Kier molecular flexibility index (Phi) is 6.37. The molecule has 13 rings (SSSR count). The third kappa shape index (κ3) is 4.15. The van der Waals surface area contributed by atoms with Crippen LogP contribution in [0.2, 0.25) is 0 Å². The fraction of sp³-hybridized carbons (Fsp3) is 0.0189. The summed E-state index contributed by atoms with van der Waals surface area (Å²) in [5, 5.41) is 7.65. The number of fused-ring (bicyclic) bond motifs is 12. The summed E-state index contributed by atoms with van der Waals surface area (Å²) in [7, 11) is 0.830. The van der Waals surface area contributed by atoms with E-state index >= 15 is 0 Å². The van der Waals surface area contributed by atoms with Crippen LogP contribution in [0.25, 0.3) is 63.9 Å². The predicted molar refractivity (Wildman–Crippen MR) is 245 cm³/mol. The number of aromatic nitrogens is 1. The highest BCUT2D eigenvalue weighted by atomic mass is 32.1. The molecular weight excluding hydrogens is 707 g/mol. The van der Waals surface area contributed by atoms with Crippen molar-refractivity contribution in [1.82, 2.24) is 4.98 Å². The number of para-hydroxylation sites is 3. The molecule has 0 unspecified atom stereocenters. The van der Waals surface area contributed by atoms with Crippen LogP contribution in [-0.2, 0) is 5.41 Å². The van der Waals surface area contributed by atoms with Gasteiger partial charge in [-0.1, -0.05) is 163 Å². The SMILES string of the molecule is B1c2cccc3c2N(c2ccccc2C3(c2ccccc2)c2ccccc2)c2c1c(-c1cccc3c1[nH]c1cc4ccccc4cc13)cc1c2sc2ccccc21. The third-order valence-corrected chi connectivity index (χ3v) is 14.0. The average Bonchev–Trinajstić information content (AvgIpc) is 3.84. The van der Waals surface area contributed by atoms with E-state index in [9.17, 15) is 0 Å². The van der Waals surface area contributed by atoms with Crippen LogP contribution in [0, 0.1) is 0 Å². The summed E-state index contributed by atoms with van der Waals surface area (Å²) in [6, 6.07) is 70.3. The highest BCUT2D eigenvalue weighted by Crippen LogP contribution is 2.59. The van der Waals surface area contributed by atoms with Crippen LogP contribution in [0.3, 0.4) is 0 Å². The Labute approximate surface area is 334 Å². The summed E-state index contributed by atoms with van der Waals surface area (Å²) in [4.78, 5) is 6.59.